The zero-order chi connectivity index (χ0) is 20.3. The number of hydrogen-bond acceptors (Lipinski definition) is 3. The number of H-pyrrole nitrogens is 1. The Bertz CT molecular complexity index is 894. The zero-order valence-corrected chi connectivity index (χ0v) is 17.5. The Balaban J connectivity index is 1.81. The number of aryl methyl sites for hydroxylation is 3. The molecule has 1 aliphatic rings. The molecular formula is C22H32N4O2. The van der Waals surface area contributed by atoms with Crippen LogP contribution in [0.25, 0.3) is 0 Å². The van der Waals surface area contributed by atoms with Crippen LogP contribution < -0.4 is 5.56 Å². The van der Waals surface area contributed by atoms with Crippen LogP contribution in [0.3, 0.4) is 0 Å². The highest BCUT2D eigenvalue weighted by atomic mass is 16.2. The van der Waals surface area contributed by atoms with Crippen LogP contribution in [-0.4, -0.2) is 32.6 Å². The first-order valence-corrected chi connectivity index (χ1v) is 10.4. The predicted octanol–water partition coefficient (Wildman–Crippen LogP) is 3.47. The summed E-state index contributed by atoms with van der Waals surface area (Å²) in [6, 6.07) is 1.86. The molecule has 0 bridgehead atoms. The molecule has 3 rings (SSSR count). The Morgan fingerprint density at radius 3 is 2.79 bits per heavy atom. The number of amides is 1. The van der Waals surface area contributed by atoms with Crippen LogP contribution in [-0.2, 0) is 25.9 Å². The van der Waals surface area contributed by atoms with E-state index in [1.807, 2.05) is 13.0 Å². The molecule has 6 heteroatoms. The summed E-state index contributed by atoms with van der Waals surface area (Å²) < 4.78 is 1.66. The topological polar surface area (TPSA) is 71.0 Å². The number of aromatic amines is 1. The number of carbonyl (C=O) groups is 1. The average Bonchev–Trinajstić information content (AvgIpc) is 2.87. The molecule has 0 unspecified atom stereocenters. The molecule has 0 saturated heterocycles. The van der Waals surface area contributed by atoms with Gasteiger partial charge in [0.2, 0.25) is 0 Å². The van der Waals surface area contributed by atoms with Gasteiger partial charge in [-0.2, -0.15) is 5.10 Å². The predicted molar refractivity (Wildman–Crippen MR) is 111 cm³/mol. The van der Waals surface area contributed by atoms with Crippen molar-refractivity contribution < 1.29 is 4.79 Å². The minimum Gasteiger partial charge on any atom is -0.336 e. The van der Waals surface area contributed by atoms with Crippen molar-refractivity contribution >= 4 is 5.91 Å². The summed E-state index contributed by atoms with van der Waals surface area (Å²) in [5.41, 5.74) is 4.20. The normalized spacial score (nSPS) is 14.0. The van der Waals surface area contributed by atoms with E-state index < -0.39 is 0 Å². The fourth-order valence-electron chi connectivity index (χ4n) is 3.84. The molecule has 0 aliphatic heterocycles. The van der Waals surface area contributed by atoms with E-state index >= 15 is 0 Å². The summed E-state index contributed by atoms with van der Waals surface area (Å²) in [4.78, 5) is 27.7. The molecule has 1 amide bonds. The second-order valence-electron chi connectivity index (χ2n) is 8.40. The third-order valence-electron chi connectivity index (χ3n) is 5.66. The van der Waals surface area contributed by atoms with E-state index in [1.54, 1.807) is 22.7 Å². The van der Waals surface area contributed by atoms with Crippen LogP contribution in [0.1, 0.15) is 72.4 Å². The molecule has 0 aromatic carbocycles. The lowest BCUT2D eigenvalue weighted by atomic mass is 10.1. The minimum absolute atomic E-state index is 0.196. The molecule has 0 radical (unpaired) electrons. The van der Waals surface area contributed by atoms with Crippen molar-refractivity contribution in [1.82, 2.24) is 19.7 Å². The van der Waals surface area contributed by atoms with Crippen molar-refractivity contribution in [2.45, 2.75) is 72.4 Å². The van der Waals surface area contributed by atoms with E-state index in [-0.39, 0.29) is 17.0 Å². The molecule has 2 aromatic heterocycles. The van der Waals surface area contributed by atoms with Crippen LogP contribution in [0.5, 0.6) is 0 Å². The highest BCUT2D eigenvalue weighted by Gasteiger charge is 2.23. The Kier molecular flexibility index (Phi) is 6.37. The summed E-state index contributed by atoms with van der Waals surface area (Å²) in [6.07, 6.45) is 8.32. The van der Waals surface area contributed by atoms with Gasteiger partial charge in [0.25, 0.3) is 11.5 Å². The van der Waals surface area contributed by atoms with Gasteiger partial charge in [-0.3, -0.25) is 14.7 Å². The Labute approximate surface area is 167 Å². The smallest absolute Gasteiger partial charge is 0.263 e. The van der Waals surface area contributed by atoms with Crippen LogP contribution in [0.15, 0.2) is 17.1 Å². The van der Waals surface area contributed by atoms with E-state index in [0.717, 1.165) is 36.9 Å². The molecule has 1 N–H and O–H groups in total. The number of hydrogen-bond donors (Lipinski definition) is 1. The van der Waals surface area contributed by atoms with E-state index in [1.165, 1.54) is 24.1 Å². The number of carbonyl (C=O) groups excluding carboxylic acids is 1. The fraction of sp³-hybridized carbons (Fsp3) is 0.591. The van der Waals surface area contributed by atoms with Crippen LogP contribution in [0, 0.1) is 12.8 Å². The summed E-state index contributed by atoms with van der Waals surface area (Å²) in [7, 11) is 1.75. The fourth-order valence-corrected chi connectivity index (χ4v) is 3.84. The van der Waals surface area contributed by atoms with Crippen molar-refractivity contribution in [3.05, 3.63) is 50.7 Å². The van der Waals surface area contributed by atoms with Crippen molar-refractivity contribution in [1.29, 1.82) is 0 Å². The molecule has 0 atom stereocenters. The molecule has 1 aliphatic carbocycles. The van der Waals surface area contributed by atoms with Crippen molar-refractivity contribution in [2.24, 2.45) is 5.92 Å². The first-order valence-electron chi connectivity index (χ1n) is 10.4. The average molecular weight is 385 g/mol. The Morgan fingerprint density at radius 2 is 2.04 bits per heavy atom. The number of rotatable bonds is 6. The number of nitrogens with one attached hydrogen (secondary N) is 1. The van der Waals surface area contributed by atoms with Gasteiger partial charge < -0.3 is 9.47 Å². The number of aromatic nitrogens is 3. The lowest BCUT2D eigenvalue weighted by Gasteiger charge is -2.19. The quantitative estimate of drug-likeness (QED) is 0.775. The molecule has 0 fully saturated rings. The summed E-state index contributed by atoms with van der Waals surface area (Å²) in [5.74, 6) is 0.275. The number of fused-ring (bicyclic) bond motifs is 1. The Morgan fingerprint density at radius 1 is 1.29 bits per heavy atom. The highest BCUT2D eigenvalue weighted by Crippen LogP contribution is 2.22. The van der Waals surface area contributed by atoms with E-state index in [0.29, 0.717) is 19.0 Å². The van der Waals surface area contributed by atoms with E-state index in [9.17, 15) is 9.59 Å². The zero-order valence-electron chi connectivity index (χ0n) is 17.5. The monoisotopic (exact) mass is 384 g/mol. The standard InChI is InChI=1S/C22H32N4O2/c1-15(2)10-12-26-13-11-16(3)20(22(26)28)21(27)25(4)14-19-17-8-6-5-7-9-18(17)23-24-19/h11,13,15H,5-10,12,14H2,1-4H3,(H,23,24). The van der Waals surface area contributed by atoms with Gasteiger partial charge in [-0.1, -0.05) is 20.3 Å². The van der Waals surface area contributed by atoms with Gasteiger partial charge in [0.1, 0.15) is 5.56 Å². The largest absolute Gasteiger partial charge is 0.336 e. The molecule has 0 saturated carbocycles. The lowest BCUT2D eigenvalue weighted by Crippen LogP contribution is -2.35. The summed E-state index contributed by atoms with van der Waals surface area (Å²) in [6.45, 7) is 7.14. The van der Waals surface area contributed by atoms with Gasteiger partial charge in [0.05, 0.1) is 12.2 Å². The molecule has 28 heavy (non-hydrogen) atoms. The SMILES string of the molecule is Cc1ccn(CCC(C)C)c(=O)c1C(=O)N(C)Cc1n[nH]c2c1CCCCC2. The van der Waals surface area contributed by atoms with Gasteiger partial charge in [0, 0.05) is 25.5 Å². The van der Waals surface area contributed by atoms with Gasteiger partial charge in [0.15, 0.2) is 0 Å². The summed E-state index contributed by atoms with van der Waals surface area (Å²) >= 11 is 0. The second-order valence-corrected chi connectivity index (χ2v) is 8.40. The molecule has 6 nitrogen and oxygen atoms in total. The third-order valence-corrected chi connectivity index (χ3v) is 5.66. The maximum Gasteiger partial charge on any atom is 0.263 e. The van der Waals surface area contributed by atoms with E-state index in [2.05, 4.69) is 24.0 Å². The second kappa shape index (κ2) is 8.76. The maximum absolute atomic E-state index is 13.1. The number of pyridine rings is 1. The molecule has 2 aromatic rings. The molecule has 2 heterocycles. The van der Waals surface area contributed by atoms with Crippen LogP contribution in [0.2, 0.25) is 0 Å². The van der Waals surface area contributed by atoms with Gasteiger partial charge in [-0.15, -0.1) is 0 Å². The molecule has 0 spiro atoms. The Hall–Kier alpha value is -2.37. The summed E-state index contributed by atoms with van der Waals surface area (Å²) in [5, 5.41) is 7.62. The third kappa shape index (κ3) is 4.37. The highest BCUT2D eigenvalue weighted by molar-refractivity contribution is 5.95. The number of nitrogens with zero attached hydrogens (tertiary/aromatic N) is 3. The van der Waals surface area contributed by atoms with Crippen LogP contribution >= 0.6 is 0 Å². The van der Waals surface area contributed by atoms with Crippen molar-refractivity contribution in [3.63, 3.8) is 0 Å². The first kappa shape index (κ1) is 20.4. The first-order chi connectivity index (χ1) is 13.4. The minimum atomic E-state index is -0.230. The van der Waals surface area contributed by atoms with Gasteiger partial charge >= 0.3 is 0 Å². The van der Waals surface area contributed by atoms with Crippen molar-refractivity contribution in [3.8, 4) is 0 Å². The maximum atomic E-state index is 13.1. The van der Waals surface area contributed by atoms with Gasteiger partial charge in [-0.05, 0) is 62.1 Å². The van der Waals surface area contributed by atoms with Crippen LogP contribution in [0.4, 0.5) is 0 Å². The van der Waals surface area contributed by atoms with E-state index in [4.69, 9.17) is 0 Å². The molecule has 152 valence electrons. The lowest BCUT2D eigenvalue weighted by molar-refractivity contribution is 0.0780. The van der Waals surface area contributed by atoms with Gasteiger partial charge in [-0.25, -0.2) is 0 Å². The van der Waals surface area contributed by atoms with Crippen molar-refractivity contribution in [2.75, 3.05) is 7.05 Å². The molecular weight excluding hydrogens is 352 g/mol.